The summed E-state index contributed by atoms with van der Waals surface area (Å²) in [5.74, 6) is -0.0452. The summed E-state index contributed by atoms with van der Waals surface area (Å²) in [5, 5.41) is 6.43. The smallest absolute Gasteiger partial charge is 0.241 e. The van der Waals surface area contributed by atoms with Crippen molar-refractivity contribution in [3.05, 3.63) is 90.5 Å². The molecular formula is C23H24N2O. The summed E-state index contributed by atoms with van der Waals surface area (Å²) < 4.78 is 0. The molecule has 0 bridgehead atoms. The number of amides is 1. The Balaban J connectivity index is 1.70. The van der Waals surface area contributed by atoms with Crippen molar-refractivity contribution in [1.82, 2.24) is 5.32 Å². The van der Waals surface area contributed by atoms with Crippen LogP contribution in [0.3, 0.4) is 0 Å². The minimum atomic E-state index is -0.311. The molecule has 0 aromatic heterocycles. The molecule has 3 nitrogen and oxygen atoms in total. The van der Waals surface area contributed by atoms with Crippen LogP contribution in [0.5, 0.6) is 0 Å². The fourth-order valence-corrected chi connectivity index (χ4v) is 2.99. The lowest BCUT2D eigenvalue weighted by molar-refractivity contribution is -0.117. The van der Waals surface area contributed by atoms with Crippen molar-refractivity contribution in [3.63, 3.8) is 0 Å². The molecule has 3 aromatic rings. The van der Waals surface area contributed by atoms with Gasteiger partial charge in [0, 0.05) is 17.3 Å². The van der Waals surface area contributed by atoms with E-state index in [9.17, 15) is 4.79 Å². The zero-order valence-electron chi connectivity index (χ0n) is 15.1. The maximum absolute atomic E-state index is 12.7. The molecular weight excluding hydrogens is 320 g/mol. The first kappa shape index (κ1) is 17.9. The van der Waals surface area contributed by atoms with E-state index in [1.165, 1.54) is 0 Å². The van der Waals surface area contributed by atoms with E-state index in [0.29, 0.717) is 0 Å². The number of hydrogen-bond donors (Lipinski definition) is 2. The van der Waals surface area contributed by atoms with Crippen molar-refractivity contribution < 1.29 is 4.79 Å². The van der Waals surface area contributed by atoms with Gasteiger partial charge in [0.25, 0.3) is 0 Å². The maximum Gasteiger partial charge on any atom is 0.241 e. The first-order chi connectivity index (χ1) is 12.6. The second-order valence-corrected chi connectivity index (χ2v) is 6.42. The van der Waals surface area contributed by atoms with Gasteiger partial charge in [-0.1, -0.05) is 78.9 Å². The van der Waals surface area contributed by atoms with Gasteiger partial charge in [0.1, 0.15) is 0 Å². The number of carbonyl (C=O) groups excluding carboxylic acids is 1. The summed E-state index contributed by atoms with van der Waals surface area (Å²) >= 11 is 0. The van der Waals surface area contributed by atoms with Crippen LogP contribution in [0.2, 0.25) is 0 Å². The average Bonchev–Trinajstić information content (AvgIpc) is 2.69. The van der Waals surface area contributed by atoms with Crippen LogP contribution >= 0.6 is 0 Å². The highest BCUT2D eigenvalue weighted by molar-refractivity contribution is 5.98. The fraction of sp³-hybridized carbons (Fsp3) is 0.174. The Morgan fingerprint density at radius 2 is 1.35 bits per heavy atom. The van der Waals surface area contributed by atoms with Crippen LogP contribution in [0.4, 0.5) is 5.69 Å². The predicted octanol–water partition coefficient (Wildman–Crippen LogP) is 5.03. The molecule has 0 saturated heterocycles. The van der Waals surface area contributed by atoms with Crippen LogP contribution in [-0.4, -0.2) is 11.9 Å². The van der Waals surface area contributed by atoms with E-state index >= 15 is 0 Å². The molecule has 2 atom stereocenters. The number of para-hydroxylation sites is 1. The van der Waals surface area contributed by atoms with Crippen molar-refractivity contribution in [2.75, 3.05) is 5.32 Å². The molecule has 26 heavy (non-hydrogen) atoms. The van der Waals surface area contributed by atoms with Crippen molar-refractivity contribution in [1.29, 1.82) is 0 Å². The van der Waals surface area contributed by atoms with Gasteiger partial charge in [-0.3, -0.25) is 10.1 Å². The standard InChI is InChI=1S/C23H24N2O/c1-17(19-11-5-3-6-12-19)24-18(2)23(26)25-22-16-10-9-15-21(22)20-13-7-4-8-14-20/h3-18,24H,1-2H3,(H,25,26)/t17-,18+/m0/s1. The second-order valence-electron chi connectivity index (χ2n) is 6.42. The lowest BCUT2D eigenvalue weighted by Gasteiger charge is -2.21. The highest BCUT2D eigenvalue weighted by Crippen LogP contribution is 2.27. The van der Waals surface area contributed by atoms with Gasteiger partial charge in [-0.05, 0) is 31.0 Å². The van der Waals surface area contributed by atoms with E-state index in [0.717, 1.165) is 22.4 Å². The summed E-state index contributed by atoms with van der Waals surface area (Å²) in [6, 6.07) is 27.9. The second kappa shape index (κ2) is 8.45. The van der Waals surface area contributed by atoms with E-state index in [4.69, 9.17) is 0 Å². The van der Waals surface area contributed by atoms with Crippen LogP contribution in [0.15, 0.2) is 84.9 Å². The average molecular weight is 344 g/mol. The van der Waals surface area contributed by atoms with Gasteiger partial charge in [0.05, 0.1) is 6.04 Å². The molecule has 1 amide bonds. The third kappa shape index (κ3) is 4.38. The summed E-state index contributed by atoms with van der Waals surface area (Å²) in [7, 11) is 0. The van der Waals surface area contributed by atoms with Gasteiger partial charge >= 0.3 is 0 Å². The topological polar surface area (TPSA) is 41.1 Å². The number of anilines is 1. The normalized spacial score (nSPS) is 13.0. The van der Waals surface area contributed by atoms with Crippen LogP contribution in [0.1, 0.15) is 25.5 Å². The van der Waals surface area contributed by atoms with Crippen molar-refractivity contribution in [2.45, 2.75) is 25.9 Å². The third-order valence-corrected chi connectivity index (χ3v) is 4.46. The van der Waals surface area contributed by atoms with E-state index in [1.807, 2.05) is 79.7 Å². The molecule has 132 valence electrons. The molecule has 0 fully saturated rings. The molecule has 0 spiro atoms. The molecule has 0 heterocycles. The third-order valence-electron chi connectivity index (χ3n) is 4.46. The Hall–Kier alpha value is -2.91. The lowest BCUT2D eigenvalue weighted by Crippen LogP contribution is -2.39. The van der Waals surface area contributed by atoms with Gasteiger partial charge in [-0.25, -0.2) is 0 Å². The molecule has 0 unspecified atom stereocenters. The van der Waals surface area contributed by atoms with E-state index in [2.05, 4.69) is 29.7 Å². The molecule has 0 aliphatic carbocycles. The largest absolute Gasteiger partial charge is 0.324 e. The molecule has 3 rings (SSSR count). The van der Waals surface area contributed by atoms with Crippen LogP contribution in [-0.2, 0) is 4.79 Å². The van der Waals surface area contributed by atoms with Crippen molar-refractivity contribution in [3.8, 4) is 11.1 Å². The number of rotatable bonds is 6. The molecule has 3 aromatic carbocycles. The summed E-state index contributed by atoms with van der Waals surface area (Å²) in [5.41, 5.74) is 4.09. The minimum Gasteiger partial charge on any atom is -0.324 e. The summed E-state index contributed by atoms with van der Waals surface area (Å²) in [6.07, 6.45) is 0. The van der Waals surface area contributed by atoms with Crippen molar-refractivity contribution in [2.24, 2.45) is 0 Å². The molecule has 2 N–H and O–H groups in total. The van der Waals surface area contributed by atoms with E-state index in [-0.39, 0.29) is 18.0 Å². The van der Waals surface area contributed by atoms with Gasteiger partial charge < -0.3 is 5.32 Å². The Morgan fingerprint density at radius 1 is 0.769 bits per heavy atom. The zero-order valence-corrected chi connectivity index (χ0v) is 15.1. The predicted molar refractivity (Wildman–Crippen MR) is 108 cm³/mol. The molecule has 0 saturated carbocycles. The quantitative estimate of drug-likeness (QED) is 0.658. The van der Waals surface area contributed by atoms with Gasteiger partial charge in [-0.2, -0.15) is 0 Å². The Bertz CT molecular complexity index is 846. The van der Waals surface area contributed by atoms with Crippen LogP contribution in [0, 0.1) is 0 Å². The van der Waals surface area contributed by atoms with Gasteiger partial charge in [-0.15, -0.1) is 0 Å². The highest BCUT2D eigenvalue weighted by atomic mass is 16.2. The van der Waals surface area contributed by atoms with Crippen LogP contribution in [0.25, 0.3) is 11.1 Å². The lowest BCUT2D eigenvalue weighted by atomic mass is 10.0. The SMILES string of the molecule is C[C@H](N[C@H](C)C(=O)Nc1ccccc1-c1ccccc1)c1ccccc1. The van der Waals surface area contributed by atoms with E-state index in [1.54, 1.807) is 0 Å². The summed E-state index contributed by atoms with van der Waals surface area (Å²) in [6.45, 7) is 3.96. The fourth-order valence-electron chi connectivity index (χ4n) is 2.99. The number of nitrogens with one attached hydrogen (secondary N) is 2. The summed E-state index contributed by atoms with van der Waals surface area (Å²) in [4.78, 5) is 12.7. The molecule has 0 radical (unpaired) electrons. The molecule has 0 aliphatic heterocycles. The number of benzene rings is 3. The van der Waals surface area contributed by atoms with Crippen molar-refractivity contribution >= 4 is 11.6 Å². The number of hydrogen-bond acceptors (Lipinski definition) is 2. The molecule has 0 aliphatic rings. The highest BCUT2D eigenvalue weighted by Gasteiger charge is 2.17. The van der Waals surface area contributed by atoms with E-state index < -0.39 is 0 Å². The Morgan fingerprint density at radius 3 is 2.04 bits per heavy atom. The molecule has 3 heteroatoms. The van der Waals surface area contributed by atoms with Gasteiger partial charge in [0.15, 0.2) is 0 Å². The van der Waals surface area contributed by atoms with Gasteiger partial charge in [0.2, 0.25) is 5.91 Å². The maximum atomic E-state index is 12.7. The minimum absolute atomic E-state index is 0.0452. The Labute approximate surface area is 155 Å². The first-order valence-electron chi connectivity index (χ1n) is 8.91. The zero-order chi connectivity index (χ0) is 18.4. The Kier molecular flexibility index (Phi) is 5.82. The first-order valence-corrected chi connectivity index (χ1v) is 8.91. The van der Waals surface area contributed by atoms with Crippen LogP contribution < -0.4 is 10.6 Å². The number of carbonyl (C=O) groups is 1. The monoisotopic (exact) mass is 344 g/mol.